The maximum atomic E-state index is 14.2. The Bertz CT molecular complexity index is 1650. The molecule has 48 heavy (non-hydrogen) atoms. The Kier molecular flexibility index (Phi) is 10.2. The number of carbonyl (C=O) groups excluding carboxylic acids is 2. The molecule has 0 unspecified atom stereocenters. The molecule has 6 rings (SSSR count). The highest BCUT2D eigenvalue weighted by Crippen LogP contribution is 2.61. The minimum absolute atomic E-state index is 0.0404. The van der Waals surface area contributed by atoms with E-state index in [9.17, 15) is 23.1 Å². The number of nitrogens with zero attached hydrogens (tertiary/aromatic N) is 2. The normalized spacial score (nSPS) is 28.7. The number of ether oxygens (including phenoxy) is 1. The number of aliphatic hydroxyl groups excluding tert-OH is 1. The molecule has 0 radical (unpaired) electrons. The second-order valence-corrected chi connectivity index (χ2v) is 16.4. The van der Waals surface area contributed by atoms with Crippen molar-refractivity contribution >= 4 is 27.5 Å². The molecular formula is C35H51N5O7S. The molecule has 2 bridgehead atoms. The Balaban J connectivity index is 1.47. The van der Waals surface area contributed by atoms with Gasteiger partial charge in [-0.1, -0.05) is 39.0 Å². The number of nitrogens with one attached hydrogen (secondary N) is 2. The molecule has 3 aliphatic carbocycles. The number of hydrogen-bond donors (Lipinski definition) is 4. The number of nitrogens with two attached hydrogens (primary N) is 1. The second-order valence-electron chi connectivity index (χ2n) is 14.7. The monoisotopic (exact) mass is 685 g/mol. The van der Waals surface area contributed by atoms with Crippen molar-refractivity contribution in [1.29, 1.82) is 0 Å². The molecule has 1 aliphatic heterocycles. The van der Waals surface area contributed by atoms with Gasteiger partial charge in [0.25, 0.3) is 5.91 Å². The third-order valence-corrected chi connectivity index (χ3v) is 11.6. The minimum Gasteiger partial charge on any atom is -0.496 e. The van der Waals surface area contributed by atoms with Gasteiger partial charge in [0.05, 0.1) is 32.1 Å². The molecule has 4 fully saturated rings. The number of fused-ring (bicyclic) bond motifs is 2. The molecule has 2 aromatic carbocycles. The van der Waals surface area contributed by atoms with Crippen molar-refractivity contribution in [3.8, 4) is 16.9 Å². The van der Waals surface area contributed by atoms with Gasteiger partial charge in [0.2, 0.25) is 15.9 Å². The molecule has 4 aliphatic rings. The predicted molar refractivity (Wildman–Crippen MR) is 185 cm³/mol. The standard InChI is InChI=1S/C35H51N5O7S/c1-19-27-15-24(35(27,3)4)16-28(19)37-34(43)31-30(20(2)41)29(17-36)47-40(31)18-21-10-9-11-26(32(21)46-7)22-12-23(14-25(13-22)39(5)6)33(42)38-48(8,44)45/h9-14,19-20,24,27-31,41H,15-18,36H2,1-8H3,(H,37,43)(H,38,42)/t19-,20-,24+,27-,28-,29-,30+,31-/m0/s1. The van der Waals surface area contributed by atoms with E-state index in [0.29, 0.717) is 45.9 Å². The summed E-state index contributed by atoms with van der Waals surface area (Å²) in [5.74, 6) is 0.461. The zero-order valence-corrected chi connectivity index (χ0v) is 30.0. The van der Waals surface area contributed by atoms with Gasteiger partial charge in [0.15, 0.2) is 0 Å². The Morgan fingerprint density at radius 2 is 1.92 bits per heavy atom. The summed E-state index contributed by atoms with van der Waals surface area (Å²) >= 11 is 0. The highest BCUT2D eigenvalue weighted by molar-refractivity contribution is 7.89. The van der Waals surface area contributed by atoms with Gasteiger partial charge in [-0.15, -0.1) is 0 Å². The van der Waals surface area contributed by atoms with Gasteiger partial charge < -0.3 is 25.8 Å². The Hall–Kier alpha value is -3.23. The van der Waals surface area contributed by atoms with Crippen LogP contribution >= 0.6 is 0 Å². The summed E-state index contributed by atoms with van der Waals surface area (Å²) < 4.78 is 31.6. The first kappa shape index (κ1) is 36.1. The van der Waals surface area contributed by atoms with Crippen LogP contribution in [-0.4, -0.2) is 88.7 Å². The van der Waals surface area contributed by atoms with E-state index in [2.05, 4.69) is 26.1 Å². The molecule has 1 heterocycles. The van der Waals surface area contributed by atoms with E-state index < -0.39 is 40.1 Å². The van der Waals surface area contributed by atoms with Gasteiger partial charge in [-0.25, -0.2) is 13.1 Å². The first-order valence-corrected chi connectivity index (χ1v) is 18.5. The Labute approximate surface area is 284 Å². The predicted octanol–water partition coefficient (Wildman–Crippen LogP) is 2.74. The summed E-state index contributed by atoms with van der Waals surface area (Å²) in [5, 5.41) is 15.9. The lowest BCUT2D eigenvalue weighted by molar-refractivity contribution is -0.175. The van der Waals surface area contributed by atoms with Crippen LogP contribution in [0.3, 0.4) is 0 Å². The van der Waals surface area contributed by atoms with Crippen LogP contribution in [-0.2, 0) is 26.2 Å². The fraction of sp³-hybridized carbons (Fsp3) is 0.600. The van der Waals surface area contributed by atoms with Crippen LogP contribution in [0.25, 0.3) is 11.1 Å². The number of hydroxylamine groups is 2. The van der Waals surface area contributed by atoms with Crippen LogP contribution in [0, 0.1) is 29.1 Å². The zero-order chi connectivity index (χ0) is 35.3. The lowest BCUT2D eigenvalue weighted by atomic mass is 9.45. The third-order valence-electron chi connectivity index (χ3n) is 11.0. The van der Waals surface area contributed by atoms with Gasteiger partial charge >= 0.3 is 0 Å². The highest BCUT2D eigenvalue weighted by atomic mass is 32.2. The number of methoxy groups -OCH3 is 1. The molecule has 8 atom stereocenters. The number of aliphatic hydroxyl groups is 1. The molecule has 0 spiro atoms. The zero-order valence-electron chi connectivity index (χ0n) is 29.2. The van der Waals surface area contributed by atoms with E-state index in [-0.39, 0.29) is 36.0 Å². The van der Waals surface area contributed by atoms with Crippen molar-refractivity contribution in [3.63, 3.8) is 0 Å². The summed E-state index contributed by atoms with van der Waals surface area (Å²) in [5.41, 5.74) is 9.24. The van der Waals surface area contributed by atoms with Gasteiger partial charge in [-0.3, -0.25) is 14.4 Å². The molecule has 264 valence electrons. The largest absolute Gasteiger partial charge is 0.496 e. The summed E-state index contributed by atoms with van der Waals surface area (Å²) in [4.78, 5) is 35.2. The van der Waals surface area contributed by atoms with Gasteiger partial charge in [-0.05, 0) is 66.7 Å². The second kappa shape index (κ2) is 13.6. The number of benzene rings is 2. The topological polar surface area (TPSA) is 164 Å². The van der Waals surface area contributed by atoms with Crippen LogP contribution < -0.4 is 25.4 Å². The maximum absolute atomic E-state index is 14.2. The van der Waals surface area contributed by atoms with Gasteiger partial charge in [0, 0.05) is 55.0 Å². The number of rotatable bonds is 11. The van der Waals surface area contributed by atoms with Crippen molar-refractivity contribution in [3.05, 3.63) is 47.5 Å². The van der Waals surface area contributed by atoms with Crippen LogP contribution in [0.15, 0.2) is 36.4 Å². The molecule has 12 nitrogen and oxygen atoms in total. The molecule has 13 heteroatoms. The average Bonchev–Trinajstić information content (AvgIpc) is 3.39. The molecular weight excluding hydrogens is 634 g/mol. The fourth-order valence-electron chi connectivity index (χ4n) is 8.26. The average molecular weight is 686 g/mol. The Morgan fingerprint density at radius 3 is 2.48 bits per heavy atom. The fourth-order valence-corrected chi connectivity index (χ4v) is 8.71. The van der Waals surface area contributed by atoms with Crippen molar-refractivity contribution in [2.24, 2.45) is 34.8 Å². The number of carbonyl (C=O) groups is 2. The first-order valence-electron chi connectivity index (χ1n) is 16.6. The van der Waals surface area contributed by atoms with Gasteiger partial charge in [0.1, 0.15) is 11.8 Å². The van der Waals surface area contributed by atoms with E-state index in [1.54, 1.807) is 31.2 Å². The van der Waals surface area contributed by atoms with E-state index in [4.69, 9.17) is 15.3 Å². The van der Waals surface area contributed by atoms with Crippen LogP contribution in [0.1, 0.15) is 56.5 Å². The number of anilines is 1. The van der Waals surface area contributed by atoms with E-state index in [1.165, 1.54) is 6.42 Å². The molecule has 2 aromatic rings. The quantitative estimate of drug-likeness (QED) is 0.277. The molecule has 5 N–H and O–H groups in total. The molecule has 3 saturated carbocycles. The Morgan fingerprint density at radius 1 is 1.21 bits per heavy atom. The van der Waals surface area contributed by atoms with Gasteiger partial charge in [-0.2, -0.15) is 5.06 Å². The van der Waals surface area contributed by atoms with Crippen molar-refractivity contribution < 1.29 is 32.7 Å². The third kappa shape index (κ3) is 6.93. The van der Waals surface area contributed by atoms with Crippen molar-refractivity contribution in [2.75, 3.05) is 38.9 Å². The number of sulfonamides is 1. The van der Waals surface area contributed by atoms with E-state index >= 15 is 0 Å². The van der Waals surface area contributed by atoms with Crippen LogP contribution in [0.5, 0.6) is 5.75 Å². The smallest absolute Gasteiger partial charge is 0.264 e. The molecule has 0 aromatic heterocycles. The summed E-state index contributed by atoms with van der Waals surface area (Å²) in [6.45, 7) is 8.82. The van der Waals surface area contributed by atoms with Crippen molar-refractivity contribution in [2.45, 2.75) is 71.4 Å². The minimum atomic E-state index is -3.78. The van der Waals surface area contributed by atoms with E-state index in [1.807, 2.05) is 48.0 Å². The number of hydrogen-bond acceptors (Lipinski definition) is 10. The first-order chi connectivity index (χ1) is 22.5. The summed E-state index contributed by atoms with van der Waals surface area (Å²) in [6, 6.07) is 9.93. The number of para-hydroxylation sites is 1. The maximum Gasteiger partial charge on any atom is 0.264 e. The summed E-state index contributed by atoms with van der Waals surface area (Å²) in [7, 11) is 1.41. The van der Waals surface area contributed by atoms with Crippen LogP contribution in [0.2, 0.25) is 0 Å². The molecule has 2 amide bonds. The summed E-state index contributed by atoms with van der Waals surface area (Å²) in [6.07, 6.45) is 1.63. The van der Waals surface area contributed by atoms with E-state index in [0.717, 1.165) is 12.7 Å². The lowest BCUT2D eigenvalue weighted by Crippen LogP contribution is -2.62. The number of amides is 2. The van der Waals surface area contributed by atoms with Crippen LogP contribution in [0.4, 0.5) is 5.69 Å². The lowest BCUT2D eigenvalue weighted by Gasteiger charge is -2.62. The highest BCUT2D eigenvalue weighted by Gasteiger charge is 2.57. The SMILES string of the molecule is COc1c(CN2O[C@@H](CN)[C@@H]([C@H](C)O)[C@H]2C(=O)N[C@H]2C[C@H]3C[C@@H]([C@@H]2C)C3(C)C)cccc1-c1cc(C(=O)NS(C)(=O)=O)cc(N(C)C)c1. The molecule has 1 saturated heterocycles. The van der Waals surface area contributed by atoms with Crippen molar-refractivity contribution in [1.82, 2.24) is 15.1 Å².